The number of aromatic nitrogens is 5. The van der Waals surface area contributed by atoms with Crippen LogP contribution in [0.15, 0.2) is 73.3 Å². The quantitative estimate of drug-likeness (QED) is 0.375. The van der Waals surface area contributed by atoms with Crippen LogP contribution < -0.4 is 15.5 Å². The number of nitrogens with two attached hydrogens (primary N) is 1. The molecule has 4 aromatic heterocycles. The van der Waals surface area contributed by atoms with Gasteiger partial charge in [0.1, 0.15) is 17.5 Å². The highest BCUT2D eigenvalue weighted by Crippen LogP contribution is 2.34. The van der Waals surface area contributed by atoms with Gasteiger partial charge in [-0.15, -0.1) is 5.10 Å². The molecule has 2 N–H and O–H groups in total. The van der Waals surface area contributed by atoms with Crippen molar-refractivity contribution < 1.29 is 4.79 Å². The van der Waals surface area contributed by atoms with Gasteiger partial charge in [-0.25, -0.2) is 14.3 Å². The van der Waals surface area contributed by atoms with Crippen molar-refractivity contribution in [2.24, 2.45) is 7.05 Å². The Hall–Kier alpha value is -5.37. The van der Waals surface area contributed by atoms with Crippen molar-refractivity contribution in [3.8, 4) is 28.3 Å². The number of amides is 2. The van der Waals surface area contributed by atoms with Crippen LogP contribution in [0.1, 0.15) is 5.56 Å². The maximum atomic E-state index is 13.0. The van der Waals surface area contributed by atoms with E-state index < -0.39 is 0 Å². The third-order valence-corrected chi connectivity index (χ3v) is 7.27. The third kappa shape index (κ3) is 4.45. The first kappa shape index (κ1) is 24.9. The summed E-state index contributed by atoms with van der Waals surface area (Å²) in [6.45, 7) is 2.57. The molecule has 11 nitrogen and oxygen atoms in total. The van der Waals surface area contributed by atoms with Crippen LogP contribution in [0, 0.1) is 11.3 Å². The van der Waals surface area contributed by atoms with Crippen molar-refractivity contribution in [1.29, 1.82) is 5.26 Å². The summed E-state index contributed by atoms with van der Waals surface area (Å²) in [5.74, 6) is 1.02. The fraction of sp³-hybridized carbons (Fsp3) is 0.207. The molecule has 0 bridgehead atoms. The topological polar surface area (TPSA) is 125 Å². The molecule has 200 valence electrons. The second-order valence-corrected chi connectivity index (χ2v) is 9.77. The maximum absolute atomic E-state index is 13.0. The van der Waals surface area contributed by atoms with E-state index >= 15 is 0 Å². The predicted octanol–water partition coefficient (Wildman–Crippen LogP) is 3.63. The molecule has 40 heavy (non-hydrogen) atoms. The van der Waals surface area contributed by atoms with E-state index in [1.165, 1.54) is 0 Å². The lowest BCUT2D eigenvalue weighted by atomic mass is 10.0. The van der Waals surface area contributed by atoms with Crippen molar-refractivity contribution in [2.75, 3.05) is 48.8 Å². The van der Waals surface area contributed by atoms with E-state index in [2.05, 4.69) is 21.2 Å². The van der Waals surface area contributed by atoms with Gasteiger partial charge < -0.3 is 15.5 Å². The standard InChI is InChI=1S/C29H28N10O/c1-35-18-22(17-33-35)21-14-24(27-25(15-30)28(31)34-39(27)19-21)20-8-9-26(32-16-20)37-10-12-38(13-11-37)29(40)36(2)23-6-4-3-5-7-23/h3-9,14,16-19H,10-13H2,1-2H3,(H2,31,34). The summed E-state index contributed by atoms with van der Waals surface area (Å²) >= 11 is 0. The van der Waals surface area contributed by atoms with Crippen molar-refractivity contribution in [1.82, 2.24) is 29.3 Å². The lowest BCUT2D eigenvalue weighted by molar-refractivity contribution is 0.202. The summed E-state index contributed by atoms with van der Waals surface area (Å²) in [7, 11) is 3.67. The molecule has 1 fully saturated rings. The zero-order valence-electron chi connectivity index (χ0n) is 22.3. The summed E-state index contributed by atoms with van der Waals surface area (Å²) in [6, 6.07) is 17.8. The van der Waals surface area contributed by atoms with E-state index in [0.29, 0.717) is 37.3 Å². The number of pyridine rings is 2. The molecule has 0 radical (unpaired) electrons. The molecule has 2 amide bonds. The zero-order valence-corrected chi connectivity index (χ0v) is 22.3. The lowest BCUT2D eigenvalue weighted by Crippen LogP contribution is -2.52. The SMILES string of the molecule is CN(C(=O)N1CCN(c2ccc(-c3cc(-c4cnn(C)c4)cn4nc(N)c(C#N)c34)cn2)CC1)c1ccccc1. The summed E-state index contributed by atoms with van der Waals surface area (Å²) in [4.78, 5) is 23.5. The summed E-state index contributed by atoms with van der Waals surface area (Å²) in [6.07, 6.45) is 7.37. The van der Waals surface area contributed by atoms with Crippen LogP contribution >= 0.6 is 0 Å². The van der Waals surface area contributed by atoms with E-state index in [1.807, 2.05) is 79.1 Å². The van der Waals surface area contributed by atoms with E-state index in [-0.39, 0.29) is 11.8 Å². The number of anilines is 3. The van der Waals surface area contributed by atoms with E-state index in [4.69, 9.17) is 10.7 Å². The van der Waals surface area contributed by atoms with Gasteiger partial charge in [-0.3, -0.25) is 9.58 Å². The van der Waals surface area contributed by atoms with Crippen LogP contribution in [0.4, 0.5) is 22.1 Å². The molecular formula is C29H28N10O. The van der Waals surface area contributed by atoms with Gasteiger partial charge in [-0.2, -0.15) is 10.4 Å². The highest BCUT2D eigenvalue weighted by Gasteiger charge is 2.25. The first-order valence-corrected chi connectivity index (χ1v) is 12.9. The highest BCUT2D eigenvalue weighted by molar-refractivity contribution is 5.92. The molecular weight excluding hydrogens is 504 g/mol. The van der Waals surface area contributed by atoms with Crippen LogP contribution in [-0.2, 0) is 7.05 Å². The van der Waals surface area contributed by atoms with Crippen molar-refractivity contribution in [2.45, 2.75) is 0 Å². The Balaban J connectivity index is 1.24. The minimum Gasteiger partial charge on any atom is -0.381 e. The number of fused-ring (bicyclic) bond motifs is 1. The van der Waals surface area contributed by atoms with Crippen LogP contribution in [0.5, 0.6) is 0 Å². The minimum absolute atomic E-state index is 0.0138. The minimum atomic E-state index is -0.0138. The molecule has 0 unspecified atom stereocenters. The maximum Gasteiger partial charge on any atom is 0.324 e. The van der Waals surface area contributed by atoms with Gasteiger partial charge in [0.05, 0.1) is 11.7 Å². The fourth-order valence-corrected chi connectivity index (χ4v) is 5.09. The normalized spacial score (nSPS) is 13.4. The number of rotatable bonds is 4. The molecule has 6 rings (SSSR count). The largest absolute Gasteiger partial charge is 0.381 e. The molecule has 0 atom stereocenters. The number of benzene rings is 1. The van der Waals surface area contributed by atoms with Gasteiger partial charge in [-0.05, 0) is 30.3 Å². The highest BCUT2D eigenvalue weighted by atomic mass is 16.2. The Morgan fingerprint density at radius 1 is 1.00 bits per heavy atom. The number of para-hydroxylation sites is 1. The van der Waals surface area contributed by atoms with Crippen LogP contribution in [0.2, 0.25) is 0 Å². The Morgan fingerprint density at radius 3 is 2.42 bits per heavy atom. The number of carbonyl (C=O) groups excluding carboxylic acids is 1. The number of piperazine rings is 1. The summed E-state index contributed by atoms with van der Waals surface area (Å²) in [5.41, 5.74) is 11.4. The number of hydrogen-bond acceptors (Lipinski definition) is 7. The van der Waals surface area contributed by atoms with Gasteiger partial charge in [0.25, 0.3) is 0 Å². The molecule has 5 aromatic rings. The van der Waals surface area contributed by atoms with Gasteiger partial charge in [-0.1, -0.05) is 18.2 Å². The molecule has 0 saturated carbocycles. The van der Waals surface area contributed by atoms with Gasteiger partial charge in [0, 0.05) is 86.8 Å². The predicted molar refractivity (Wildman–Crippen MR) is 154 cm³/mol. The van der Waals surface area contributed by atoms with E-state index in [0.717, 1.165) is 33.8 Å². The first-order valence-electron chi connectivity index (χ1n) is 12.9. The first-order chi connectivity index (χ1) is 19.4. The number of nitrogen functional groups attached to an aromatic ring is 1. The second kappa shape index (κ2) is 10.1. The molecule has 1 aliphatic heterocycles. The number of urea groups is 1. The van der Waals surface area contributed by atoms with Gasteiger partial charge in [0.2, 0.25) is 0 Å². The fourth-order valence-electron chi connectivity index (χ4n) is 5.09. The second-order valence-electron chi connectivity index (χ2n) is 9.77. The smallest absolute Gasteiger partial charge is 0.324 e. The zero-order chi connectivity index (χ0) is 27.8. The van der Waals surface area contributed by atoms with Crippen molar-refractivity contribution in [3.05, 3.63) is 78.9 Å². The Kier molecular flexibility index (Phi) is 6.28. The molecule has 5 heterocycles. The van der Waals surface area contributed by atoms with Crippen molar-refractivity contribution >= 4 is 28.9 Å². The third-order valence-electron chi connectivity index (χ3n) is 7.27. The summed E-state index contributed by atoms with van der Waals surface area (Å²) in [5, 5.41) is 18.5. The number of nitrogens with zero attached hydrogens (tertiary/aromatic N) is 9. The number of hydrogen-bond donors (Lipinski definition) is 1. The van der Waals surface area contributed by atoms with Crippen molar-refractivity contribution in [3.63, 3.8) is 0 Å². The molecule has 1 saturated heterocycles. The molecule has 1 aliphatic rings. The van der Waals surface area contributed by atoms with Crippen LogP contribution in [0.25, 0.3) is 27.8 Å². The Morgan fingerprint density at radius 2 is 1.77 bits per heavy atom. The number of nitriles is 1. The van der Waals surface area contributed by atoms with E-state index in [9.17, 15) is 10.1 Å². The van der Waals surface area contributed by atoms with Crippen LogP contribution in [-0.4, -0.2) is 68.5 Å². The average molecular weight is 533 g/mol. The monoisotopic (exact) mass is 532 g/mol. The molecule has 1 aromatic carbocycles. The molecule has 0 spiro atoms. The van der Waals surface area contributed by atoms with Gasteiger partial charge in [0.15, 0.2) is 5.82 Å². The average Bonchev–Trinajstić information content (AvgIpc) is 3.58. The Bertz CT molecular complexity index is 1720. The van der Waals surface area contributed by atoms with Crippen LogP contribution in [0.3, 0.4) is 0 Å². The molecule has 11 heteroatoms. The molecule has 0 aliphatic carbocycles. The number of aryl methyl sites for hydroxylation is 1. The Labute approximate surface area is 231 Å². The van der Waals surface area contributed by atoms with Gasteiger partial charge >= 0.3 is 6.03 Å². The summed E-state index contributed by atoms with van der Waals surface area (Å²) < 4.78 is 3.39. The number of carbonyl (C=O) groups is 1. The van der Waals surface area contributed by atoms with E-state index in [1.54, 1.807) is 27.3 Å². The lowest BCUT2D eigenvalue weighted by Gasteiger charge is -2.37.